The summed E-state index contributed by atoms with van der Waals surface area (Å²) in [6.07, 6.45) is 4.18. The van der Waals surface area contributed by atoms with E-state index < -0.39 is 0 Å². The van der Waals surface area contributed by atoms with Crippen LogP contribution in [-0.2, 0) is 6.54 Å². The van der Waals surface area contributed by atoms with Gasteiger partial charge in [-0.3, -0.25) is 4.90 Å². The first-order valence-corrected chi connectivity index (χ1v) is 5.17. The van der Waals surface area contributed by atoms with E-state index in [1.165, 1.54) is 12.8 Å². The number of hydrogen-bond acceptors (Lipinski definition) is 3. The van der Waals surface area contributed by atoms with E-state index in [1.54, 1.807) is 6.26 Å². The molecule has 0 bridgehead atoms. The van der Waals surface area contributed by atoms with E-state index in [2.05, 4.69) is 14.9 Å². The Morgan fingerprint density at radius 3 is 3.07 bits per heavy atom. The van der Waals surface area contributed by atoms with Crippen LogP contribution in [0.25, 0.3) is 10.4 Å². The molecule has 5 nitrogen and oxygen atoms in total. The van der Waals surface area contributed by atoms with E-state index in [1.807, 2.05) is 12.1 Å². The molecule has 1 fully saturated rings. The van der Waals surface area contributed by atoms with E-state index in [0.717, 1.165) is 18.8 Å². The van der Waals surface area contributed by atoms with Gasteiger partial charge < -0.3 is 4.42 Å². The second kappa shape index (κ2) is 4.87. The molecule has 1 saturated carbocycles. The summed E-state index contributed by atoms with van der Waals surface area (Å²) in [7, 11) is 0. The lowest BCUT2D eigenvalue weighted by atomic mass is 10.3. The Kier molecular flexibility index (Phi) is 3.27. The Labute approximate surface area is 88.3 Å². The SMILES string of the molecule is [N-]=[N+]=NCCN(Cc1ccco1)C1CC1. The van der Waals surface area contributed by atoms with Gasteiger partial charge in [-0.05, 0) is 30.5 Å². The summed E-state index contributed by atoms with van der Waals surface area (Å²) in [5, 5.41) is 3.56. The van der Waals surface area contributed by atoms with Gasteiger partial charge in [0.05, 0.1) is 12.8 Å². The van der Waals surface area contributed by atoms with Gasteiger partial charge in [-0.25, -0.2) is 0 Å². The molecule has 0 saturated heterocycles. The number of hydrogen-bond donors (Lipinski definition) is 0. The molecule has 0 N–H and O–H groups in total. The fraction of sp³-hybridized carbons (Fsp3) is 0.600. The minimum Gasteiger partial charge on any atom is -0.468 e. The summed E-state index contributed by atoms with van der Waals surface area (Å²) in [5.41, 5.74) is 8.21. The fourth-order valence-corrected chi connectivity index (χ4v) is 1.65. The number of nitrogens with zero attached hydrogens (tertiary/aromatic N) is 4. The third-order valence-corrected chi connectivity index (χ3v) is 2.55. The largest absolute Gasteiger partial charge is 0.468 e. The van der Waals surface area contributed by atoms with Crippen molar-refractivity contribution in [1.82, 2.24) is 4.90 Å². The third-order valence-electron chi connectivity index (χ3n) is 2.55. The molecule has 15 heavy (non-hydrogen) atoms. The average Bonchev–Trinajstić information content (AvgIpc) is 2.97. The Bertz CT molecular complexity index is 338. The van der Waals surface area contributed by atoms with Gasteiger partial charge in [0.2, 0.25) is 0 Å². The van der Waals surface area contributed by atoms with Crippen LogP contribution in [0.15, 0.2) is 27.9 Å². The molecule has 2 rings (SSSR count). The van der Waals surface area contributed by atoms with Gasteiger partial charge in [-0.2, -0.15) is 0 Å². The molecule has 80 valence electrons. The highest BCUT2D eigenvalue weighted by molar-refractivity contribution is 4.99. The first-order valence-electron chi connectivity index (χ1n) is 5.17. The molecule has 5 heteroatoms. The van der Waals surface area contributed by atoms with E-state index in [-0.39, 0.29) is 0 Å². The molecule has 0 aromatic carbocycles. The minimum absolute atomic E-state index is 0.535. The molecule has 1 aromatic rings. The first-order chi connectivity index (χ1) is 7.40. The van der Waals surface area contributed by atoms with Crippen molar-refractivity contribution in [2.24, 2.45) is 5.11 Å². The highest BCUT2D eigenvalue weighted by atomic mass is 16.3. The Hall–Kier alpha value is -1.45. The normalized spacial score (nSPS) is 15.3. The van der Waals surface area contributed by atoms with Crippen molar-refractivity contribution in [3.8, 4) is 0 Å². The van der Waals surface area contributed by atoms with Crippen LogP contribution in [0.2, 0.25) is 0 Å². The minimum atomic E-state index is 0.535. The highest BCUT2D eigenvalue weighted by Crippen LogP contribution is 2.28. The molecule has 1 aromatic heterocycles. The summed E-state index contributed by atoms with van der Waals surface area (Å²) in [6.45, 7) is 2.17. The average molecular weight is 206 g/mol. The maximum atomic E-state index is 8.21. The van der Waals surface area contributed by atoms with Gasteiger partial charge in [0.1, 0.15) is 5.76 Å². The van der Waals surface area contributed by atoms with Crippen molar-refractivity contribution in [2.45, 2.75) is 25.4 Å². The molecule has 0 atom stereocenters. The monoisotopic (exact) mass is 206 g/mol. The molecule has 0 radical (unpaired) electrons. The molecule has 1 aliphatic carbocycles. The van der Waals surface area contributed by atoms with Crippen molar-refractivity contribution in [3.05, 3.63) is 34.6 Å². The zero-order valence-corrected chi connectivity index (χ0v) is 8.54. The van der Waals surface area contributed by atoms with E-state index in [0.29, 0.717) is 12.6 Å². The number of furan rings is 1. The molecule has 0 spiro atoms. The van der Waals surface area contributed by atoms with Gasteiger partial charge >= 0.3 is 0 Å². The smallest absolute Gasteiger partial charge is 0.117 e. The van der Waals surface area contributed by atoms with Crippen molar-refractivity contribution in [2.75, 3.05) is 13.1 Å². The Morgan fingerprint density at radius 1 is 1.60 bits per heavy atom. The molecule has 1 heterocycles. The van der Waals surface area contributed by atoms with E-state index in [4.69, 9.17) is 9.95 Å². The molecular formula is C10H14N4O. The van der Waals surface area contributed by atoms with Crippen molar-refractivity contribution >= 4 is 0 Å². The van der Waals surface area contributed by atoms with Crippen LogP contribution < -0.4 is 0 Å². The lowest BCUT2D eigenvalue weighted by Gasteiger charge is -2.19. The van der Waals surface area contributed by atoms with Crippen LogP contribution >= 0.6 is 0 Å². The van der Waals surface area contributed by atoms with Gasteiger partial charge in [-0.1, -0.05) is 5.11 Å². The maximum absolute atomic E-state index is 8.21. The van der Waals surface area contributed by atoms with Crippen LogP contribution in [0, 0.1) is 0 Å². The summed E-state index contributed by atoms with van der Waals surface area (Å²) < 4.78 is 5.30. The number of azide groups is 1. The first kappa shape index (κ1) is 10.1. The fourth-order valence-electron chi connectivity index (χ4n) is 1.65. The number of rotatable bonds is 6. The Balaban J connectivity index is 1.85. The van der Waals surface area contributed by atoms with Crippen LogP contribution in [0.5, 0.6) is 0 Å². The predicted octanol–water partition coefficient (Wildman–Crippen LogP) is 2.55. The third kappa shape index (κ3) is 3.01. The predicted molar refractivity (Wildman–Crippen MR) is 56.2 cm³/mol. The Morgan fingerprint density at radius 2 is 2.47 bits per heavy atom. The van der Waals surface area contributed by atoms with Gasteiger partial charge in [0.25, 0.3) is 0 Å². The molecule has 0 aliphatic heterocycles. The summed E-state index contributed by atoms with van der Waals surface area (Å²) >= 11 is 0. The van der Waals surface area contributed by atoms with E-state index in [9.17, 15) is 0 Å². The molecular weight excluding hydrogens is 192 g/mol. The molecule has 0 amide bonds. The van der Waals surface area contributed by atoms with E-state index >= 15 is 0 Å². The van der Waals surface area contributed by atoms with Crippen LogP contribution in [0.4, 0.5) is 0 Å². The quantitative estimate of drug-likeness (QED) is 0.408. The van der Waals surface area contributed by atoms with Crippen LogP contribution in [-0.4, -0.2) is 24.0 Å². The summed E-state index contributed by atoms with van der Waals surface area (Å²) in [5.74, 6) is 0.975. The van der Waals surface area contributed by atoms with Gasteiger partial charge in [-0.15, -0.1) is 0 Å². The van der Waals surface area contributed by atoms with Crippen molar-refractivity contribution < 1.29 is 4.42 Å². The van der Waals surface area contributed by atoms with Crippen LogP contribution in [0.3, 0.4) is 0 Å². The zero-order chi connectivity index (χ0) is 10.5. The molecule has 0 unspecified atom stereocenters. The van der Waals surface area contributed by atoms with Crippen molar-refractivity contribution in [1.29, 1.82) is 0 Å². The second-order valence-electron chi connectivity index (χ2n) is 3.74. The van der Waals surface area contributed by atoms with Crippen LogP contribution in [0.1, 0.15) is 18.6 Å². The van der Waals surface area contributed by atoms with Crippen molar-refractivity contribution in [3.63, 3.8) is 0 Å². The van der Waals surface area contributed by atoms with Gasteiger partial charge in [0, 0.05) is 24.0 Å². The summed E-state index contributed by atoms with van der Waals surface area (Å²) in [4.78, 5) is 5.07. The van der Waals surface area contributed by atoms with Gasteiger partial charge in [0.15, 0.2) is 0 Å². The standard InChI is InChI=1S/C10H14N4O/c11-13-12-5-6-14(9-3-4-9)8-10-2-1-7-15-10/h1-2,7,9H,3-6,8H2. The lowest BCUT2D eigenvalue weighted by Crippen LogP contribution is -2.27. The lowest BCUT2D eigenvalue weighted by molar-refractivity contribution is 0.240. The topological polar surface area (TPSA) is 65.1 Å². The maximum Gasteiger partial charge on any atom is 0.117 e. The molecule has 1 aliphatic rings. The highest BCUT2D eigenvalue weighted by Gasteiger charge is 2.28. The zero-order valence-electron chi connectivity index (χ0n) is 8.54. The second-order valence-corrected chi connectivity index (χ2v) is 3.74. The summed E-state index contributed by atoms with van der Waals surface area (Å²) in [6, 6.07) is 4.53.